The fourth-order valence-electron chi connectivity index (χ4n) is 0.806. The molecule has 0 amide bonds. The molecule has 0 unspecified atom stereocenters. The van der Waals surface area contributed by atoms with E-state index in [1.165, 1.54) is 12.8 Å². The van der Waals surface area contributed by atoms with Crippen LogP contribution in [-0.4, -0.2) is 12.2 Å². The predicted octanol–water partition coefficient (Wildman–Crippen LogP) is 0.139. The van der Waals surface area contributed by atoms with Crippen molar-refractivity contribution in [2.75, 3.05) is 6.54 Å². The van der Waals surface area contributed by atoms with Crippen LogP contribution in [0.5, 0.6) is 0 Å². The standard InChI is InChI=1S/C7H19N3/c1-2-3-4-5-7(9,10)6-8/h2-6,8-10H2,1H3. The average Bonchev–Trinajstić information content (AvgIpc) is 1.89. The van der Waals surface area contributed by atoms with Crippen molar-refractivity contribution in [3.05, 3.63) is 0 Å². The zero-order chi connectivity index (χ0) is 8.04. The van der Waals surface area contributed by atoms with E-state index in [0.717, 1.165) is 12.8 Å². The Bertz CT molecular complexity index is 80.9. The summed E-state index contributed by atoms with van der Waals surface area (Å²) in [5, 5.41) is 0. The van der Waals surface area contributed by atoms with Crippen molar-refractivity contribution in [1.82, 2.24) is 0 Å². The Labute approximate surface area is 62.9 Å². The molecule has 0 aromatic rings. The van der Waals surface area contributed by atoms with Crippen LogP contribution in [0.2, 0.25) is 0 Å². The molecule has 6 N–H and O–H groups in total. The van der Waals surface area contributed by atoms with E-state index < -0.39 is 5.66 Å². The Kier molecular flexibility index (Phi) is 4.60. The van der Waals surface area contributed by atoms with Gasteiger partial charge in [0.15, 0.2) is 0 Å². The molecule has 0 aliphatic rings. The summed E-state index contributed by atoms with van der Waals surface area (Å²) >= 11 is 0. The molecule has 0 saturated carbocycles. The van der Waals surface area contributed by atoms with Crippen LogP contribution in [-0.2, 0) is 0 Å². The molecule has 0 aliphatic heterocycles. The monoisotopic (exact) mass is 145 g/mol. The fourth-order valence-corrected chi connectivity index (χ4v) is 0.806. The molecular formula is C7H19N3. The highest BCUT2D eigenvalue weighted by atomic mass is 15.0. The fraction of sp³-hybridized carbons (Fsp3) is 1.00. The van der Waals surface area contributed by atoms with Crippen molar-refractivity contribution in [1.29, 1.82) is 0 Å². The van der Waals surface area contributed by atoms with Gasteiger partial charge in [-0.3, -0.25) is 0 Å². The summed E-state index contributed by atoms with van der Waals surface area (Å²) in [6.07, 6.45) is 4.30. The summed E-state index contributed by atoms with van der Waals surface area (Å²) in [6.45, 7) is 2.52. The second-order valence-electron chi connectivity index (χ2n) is 2.89. The molecule has 10 heavy (non-hydrogen) atoms. The van der Waals surface area contributed by atoms with Gasteiger partial charge in [-0.05, 0) is 6.42 Å². The Morgan fingerprint density at radius 3 is 2.20 bits per heavy atom. The average molecular weight is 145 g/mol. The Morgan fingerprint density at radius 1 is 1.20 bits per heavy atom. The van der Waals surface area contributed by atoms with Crippen molar-refractivity contribution >= 4 is 0 Å². The van der Waals surface area contributed by atoms with Gasteiger partial charge in [0.2, 0.25) is 0 Å². The van der Waals surface area contributed by atoms with Crippen molar-refractivity contribution < 1.29 is 0 Å². The minimum Gasteiger partial charge on any atom is -0.328 e. The maximum atomic E-state index is 5.61. The molecule has 3 heteroatoms. The van der Waals surface area contributed by atoms with Crippen molar-refractivity contribution in [3.8, 4) is 0 Å². The van der Waals surface area contributed by atoms with Crippen LogP contribution in [0.4, 0.5) is 0 Å². The van der Waals surface area contributed by atoms with Gasteiger partial charge in [-0.15, -0.1) is 0 Å². The largest absolute Gasteiger partial charge is 0.328 e. The minimum atomic E-state index is -0.630. The number of nitrogens with two attached hydrogens (primary N) is 3. The lowest BCUT2D eigenvalue weighted by Crippen LogP contribution is -2.55. The summed E-state index contributed by atoms with van der Waals surface area (Å²) in [5.41, 5.74) is 15.9. The van der Waals surface area contributed by atoms with Gasteiger partial charge in [0.05, 0.1) is 5.66 Å². The van der Waals surface area contributed by atoms with Crippen LogP contribution < -0.4 is 17.2 Å². The topological polar surface area (TPSA) is 78.1 Å². The van der Waals surface area contributed by atoms with Crippen LogP contribution in [0.25, 0.3) is 0 Å². The third kappa shape index (κ3) is 4.73. The molecule has 0 saturated heterocycles. The highest BCUT2D eigenvalue weighted by Crippen LogP contribution is 2.05. The normalized spacial score (nSPS) is 12.0. The van der Waals surface area contributed by atoms with E-state index in [0.29, 0.717) is 6.54 Å². The third-order valence-electron chi connectivity index (χ3n) is 1.63. The maximum Gasteiger partial charge on any atom is 0.0762 e. The second-order valence-corrected chi connectivity index (χ2v) is 2.89. The van der Waals surface area contributed by atoms with Gasteiger partial charge in [0.25, 0.3) is 0 Å². The quantitative estimate of drug-likeness (QED) is 0.380. The van der Waals surface area contributed by atoms with Gasteiger partial charge >= 0.3 is 0 Å². The molecule has 0 rings (SSSR count). The van der Waals surface area contributed by atoms with E-state index in [2.05, 4.69) is 6.92 Å². The Balaban J connectivity index is 3.28. The maximum absolute atomic E-state index is 5.61. The lowest BCUT2D eigenvalue weighted by molar-refractivity contribution is 0.399. The van der Waals surface area contributed by atoms with Gasteiger partial charge in [0, 0.05) is 6.54 Å². The van der Waals surface area contributed by atoms with E-state index >= 15 is 0 Å². The Morgan fingerprint density at radius 2 is 1.80 bits per heavy atom. The molecule has 0 atom stereocenters. The van der Waals surface area contributed by atoms with Crippen LogP contribution in [0.3, 0.4) is 0 Å². The Hall–Kier alpha value is -0.120. The van der Waals surface area contributed by atoms with Gasteiger partial charge in [0.1, 0.15) is 0 Å². The summed E-state index contributed by atoms with van der Waals surface area (Å²) in [7, 11) is 0. The van der Waals surface area contributed by atoms with Crippen LogP contribution in [0.15, 0.2) is 0 Å². The molecule has 62 valence electrons. The zero-order valence-electron chi connectivity index (χ0n) is 6.77. The molecule has 0 aromatic carbocycles. The van der Waals surface area contributed by atoms with Crippen LogP contribution in [0, 0.1) is 0 Å². The van der Waals surface area contributed by atoms with Gasteiger partial charge < -0.3 is 17.2 Å². The highest BCUT2D eigenvalue weighted by Gasteiger charge is 2.14. The smallest absolute Gasteiger partial charge is 0.0762 e. The number of hydrogen-bond acceptors (Lipinski definition) is 3. The molecule has 3 nitrogen and oxygen atoms in total. The number of unbranched alkanes of at least 4 members (excludes halogenated alkanes) is 2. The van der Waals surface area contributed by atoms with Gasteiger partial charge in [-0.25, -0.2) is 0 Å². The molecule has 0 spiro atoms. The van der Waals surface area contributed by atoms with E-state index in [1.54, 1.807) is 0 Å². The molecule has 0 radical (unpaired) electrons. The number of rotatable bonds is 5. The van der Waals surface area contributed by atoms with Gasteiger partial charge in [-0.2, -0.15) is 0 Å². The van der Waals surface area contributed by atoms with Crippen molar-refractivity contribution in [3.63, 3.8) is 0 Å². The van der Waals surface area contributed by atoms with Crippen LogP contribution >= 0.6 is 0 Å². The molecular weight excluding hydrogens is 126 g/mol. The van der Waals surface area contributed by atoms with Crippen molar-refractivity contribution in [2.45, 2.75) is 38.3 Å². The molecule has 0 aromatic heterocycles. The summed E-state index contributed by atoms with van der Waals surface area (Å²) in [5.74, 6) is 0. The van der Waals surface area contributed by atoms with E-state index in [4.69, 9.17) is 17.2 Å². The van der Waals surface area contributed by atoms with E-state index in [9.17, 15) is 0 Å². The zero-order valence-corrected chi connectivity index (χ0v) is 6.77. The molecule has 0 aliphatic carbocycles. The van der Waals surface area contributed by atoms with E-state index in [1.807, 2.05) is 0 Å². The minimum absolute atomic E-state index is 0.372. The first-order valence-corrected chi connectivity index (χ1v) is 3.90. The van der Waals surface area contributed by atoms with Gasteiger partial charge in [-0.1, -0.05) is 26.2 Å². The number of hydrogen-bond donors (Lipinski definition) is 3. The van der Waals surface area contributed by atoms with Crippen molar-refractivity contribution in [2.24, 2.45) is 17.2 Å². The molecule has 0 fully saturated rings. The summed E-state index contributed by atoms with van der Waals surface area (Å²) in [6, 6.07) is 0. The predicted molar refractivity (Wildman–Crippen MR) is 44.3 cm³/mol. The lowest BCUT2D eigenvalue weighted by Gasteiger charge is -2.21. The highest BCUT2D eigenvalue weighted by molar-refractivity contribution is 4.76. The second kappa shape index (κ2) is 4.66. The first kappa shape index (κ1) is 9.88. The first-order chi connectivity index (χ1) is 4.62. The first-order valence-electron chi connectivity index (χ1n) is 3.90. The molecule has 0 heterocycles. The van der Waals surface area contributed by atoms with E-state index in [-0.39, 0.29) is 0 Å². The van der Waals surface area contributed by atoms with Crippen LogP contribution in [0.1, 0.15) is 32.6 Å². The SMILES string of the molecule is CCCCCC(N)(N)CN. The third-order valence-corrected chi connectivity index (χ3v) is 1.63. The summed E-state index contributed by atoms with van der Waals surface area (Å²) in [4.78, 5) is 0. The lowest BCUT2D eigenvalue weighted by atomic mass is 10.0. The molecule has 0 bridgehead atoms. The summed E-state index contributed by atoms with van der Waals surface area (Å²) < 4.78 is 0.